The number of H-pyrrole nitrogens is 1. The number of ketones is 1. The van der Waals surface area contributed by atoms with Gasteiger partial charge in [-0.2, -0.15) is 0 Å². The second kappa shape index (κ2) is 5.44. The van der Waals surface area contributed by atoms with Crippen molar-refractivity contribution in [2.24, 2.45) is 17.8 Å². The van der Waals surface area contributed by atoms with E-state index in [1.165, 1.54) is 19.3 Å². The Hall–Kier alpha value is -1.62. The molecule has 5 heteroatoms. The first-order valence-electron chi connectivity index (χ1n) is 9.15. The van der Waals surface area contributed by atoms with Crippen molar-refractivity contribution in [1.82, 2.24) is 10.3 Å². The van der Waals surface area contributed by atoms with Crippen LogP contribution in [-0.2, 0) is 4.79 Å². The molecule has 4 bridgehead atoms. The van der Waals surface area contributed by atoms with Crippen LogP contribution in [0.3, 0.4) is 0 Å². The van der Waals surface area contributed by atoms with Gasteiger partial charge in [0.1, 0.15) is 0 Å². The zero-order valence-corrected chi connectivity index (χ0v) is 15.6. The topological polar surface area (TPSA) is 62.0 Å². The molecule has 25 heavy (non-hydrogen) atoms. The number of aromatic nitrogens is 1. The number of halogens is 1. The third-order valence-corrected chi connectivity index (χ3v) is 7.00. The highest BCUT2D eigenvalue weighted by Crippen LogP contribution is 2.55. The first kappa shape index (κ1) is 15.6. The molecule has 6 rings (SSSR count). The molecule has 0 aliphatic heterocycles. The number of aromatic amines is 1. The molecule has 2 aromatic rings. The molecule has 1 aromatic heterocycles. The Labute approximate surface area is 154 Å². The van der Waals surface area contributed by atoms with Crippen LogP contribution in [0.15, 0.2) is 28.9 Å². The van der Waals surface area contributed by atoms with Gasteiger partial charge in [0, 0.05) is 27.1 Å². The first-order chi connectivity index (χ1) is 12.0. The van der Waals surface area contributed by atoms with Gasteiger partial charge in [-0.3, -0.25) is 9.59 Å². The zero-order valence-electron chi connectivity index (χ0n) is 14.0. The normalized spacial score (nSPS) is 32.9. The van der Waals surface area contributed by atoms with Crippen molar-refractivity contribution in [3.8, 4) is 0 Å². The average molecular weight is 401 g/mol. The Morgan fingerprint density at radius 2 is 1.72 bits per heavy atom. The van der Waals surface area contributed by atoms with Crippen LogP contribution in [0.1, 0.15) is 48.9 Å². The lowest BCUT2D eigenvalue weighted by Gasteiger charge is -2.56. The third-order valence-electron chi connectivity index (χ3n) is 6.51. The maximum absolute atomic E-state index is 12.8. The van der Waals surface area contributed by atoms with E-state index in [1.54, 1.807) is 6.20 Å². The van der Waals surface area contributed by atoms with Crippen molar-refractivity contribution in [2.45, 2.75) is 44.1 Å². The quantitative estimate of drug-likeness (QED) is 0.598. The van der Waals surface area contributed by atoms with Crippen molar-refractivity contribution in [3.63, 3.8) is 0 Å². The monoisotopic (exact) mass is 400 g/mol. The van der Waals surface area contributed by atoms with Crippen molar-refractivity contribution in [3.05, 3.63) is 34.4 Å². The van der Waals surface area contributed by atoms with E-state index in [2.05, 4.69) is 26.2 Å². The lowest BCUT2D eigenvalue weighted by atomic mass is 9.53. The Kier molecular flexibility index (Phi) is 3.40. The second-order valence-corrected chi connectivity index (χ2v) is 9.29. The van der Waals surface area contributed by atoms with Crippen LogP contribution in [0.25, 0.3) is 10.9 Å². The number of hydrogen-bond donors (Lipinski definition) is 2. The number of carbonyl (C=O) groups excluding carboxylic acids is 2. The number of amides is 1. The van der Waals surface area contributed by atoms with E-state index in [0.717, 1.165) is 52.4 Å². The van der Waals surface area contributed by atoms with Gasteiger partial charge in [0.15, 0.2) is 0 Å². The zero-order chi connectivity index (χ0) is 17.2. The molecule has 4 fully saturated rings. The highest BCUT2D eigenvalue weighted by molar-refractivity contribution is 9.10. The van der Waals surface area contributed by atoms with Gasteiger partial charge in [0.25, 0.3) is 11.7 Å². The Morgan fingerprint density at radius 1 is 1.08 bits per heavy atom. The minimum atomic E-state index is -0.442. The van der Waals surface area contributed by atoms with E-state index in [9.17, 15) is 9.59 Å². The van der Waals surface area contributed by atoms with Gasteiger partial charge in [0.2, 0.25) is 0 Å². The molecule has 0 unspecified atom stereocenters. The predicted molar refractivity (Wildman–Crippen MR) is 99.4 cm³/mol. The highest BCUT2D eigenvalue weighted by Gasteiger charge is 2.51. The Balaban J connectivity index is 1.40. The number of carbonyl (C=O) groups is 2. The van der Waals surface area contributed by atoms with Crippen LogP contribution in [0.2, 0.25) is 0 Å². The van der Waals surface area contributed by atoms with Gasteiger partial charge < -0.3 is 10.3 Å². The summed E-state index contributed by atoms with van der Waals surface area (Å²) in [5.41, 5.74) is 1.20. The molecule has 2 N–H and O–H groups in total. The predicted octanol–water partition coefficient (Wildman–Crippen LogP) is 4.20. The second-order valence-electron chi connectivity index (χ2n) is 8.37. The molecule has 1 aromatic carbocycles. The molecule has 1 amide bonds. The summed E-state index contributed by atoms with van der Waals surface area (Å²) in [7, 11) is 0. The van der Waals surface area contributed by atoms with Crippen LogP contribution in [0.5, 0.6) is 0 Å². The van der Waals surface area contributed by atoms with E-state index < -0.39 is 11.7 Å². The Bertz CT molecular complexity index is 850. The number of nitrogens with one attached hydrogen (secondary N) is 2. The van der Waals surface area contributed by atoms with Crippen molar-refractivity contribution < 1.29 is 9.59 Å². The number of rotatable bonds is 3. The van der Waals surface area contributed by atoms with Gasteiger partial charge >= 0.3 is 0 Å². The van der Waals surface area contributed by atoms with Crippen LogP contribution in [0, 0.1) is 17.8 Å². The number of Topliss-reactive ketones (excluding diaryl/α,β-unsaturated/α-hetero) is 1. The molecule has 4 saturated carbocycles. The van der Waals surface area contributed by atoms with Gasteiger partial charge in [-0.25, -0.2) is 0 Å². The smallest absolute Gasteiger partial charge is 0.292 e. The SMILES string of the molecule is O=C(NC12CC3CC(CC(C3)C1)C2)C(=O)c1c[nH]c2ccc(Br)cc12. The summed E-state index contributed by atoms with van der Waals surface area (Å²) in [6.45, 7) is 0. The van der Waals surface area contributed by atoms with Crippen LogP contribution < -0.4 is 5.32 Å². The maximum atomic E-state index is 12.8. The van der Waals surface area contributed by atoms with Gasteiger partial charge in [-0.1, -0.05) is 15.9 Å². The van der Waals surface area contributed by atoms with E-state index in [1.807, 2.05) is 18.2 Å². The average Bonchev–Trinajstić information content (AvgIpc) is 2.95. The van der Waals surface area contributed by atoms with Crippen molar-refractivity contribution in [2.75, 3.05) is 0 Å². The van der Waals surface area contributed by atoms with Gasteiger partial charge in [-0.15, -0.1) is 0 Å². The third kappa shape index (κ3) is 2.55. The lowest BCUT2D eigenvalue weighted by Crippen LogP contribution is -2.60. The standard InChI is InChI=1S/C20H21BrN2O2/c21-14-1-2-17-15(6-14)16(10-22-17)18(24)19(25)23-20-7-11-3-12(8-20)5-13(4-11)9-20/h1-2,6,10-13,22H,3-5,7-9H2,(H,23,25). The molecular weight excluding hydrogens is 380 g/mol. The van der Waals surface area contributed by atoms with E-state index in [4.69, 9.17) is 0 Å². The summed E-state index contributed by atoms with van der Waals surface area (Å²) in [5, 5.41) is 3.97. The van der Waals surface area contributed by atoms with Crippen LogP contribution in [-0.4, -0.2) is 22.2 Å². The molecule has 0 radical (unpaired) electrons. The van der Waals surface area contributed by atoms with E-state index in [0.29, 0.717) is 5.56 Å². The van der Waals surface area contributed by atoms with E-state index in [-0.39, 0.29) is 5.54 Å². The summed E-state index contributed by atoms with van der Waals surface area (Å²) in [4.78, 5) is 28.7. The van der Waals surface area contributed by atoms with Crippen molar-refractivity contribution >= 4 is 38.5 Å². The molecule has 4 aliphatic rings. The molecule has 4 aliphatic carbocycles. The summed E-state index contributed by atoms with van der Waals surface area (Å²) in [6, 6.07) is 5.72. The number of fused-ring (bicyclic) bond motifs is 1. The molecule has 0 spiro atoms. The summed E-state index contributed by atoms with van der Waals surface area (Å²) >= 11 is 3.44. The molecular formula is C20H21BrN2O2. The largest absolute Gasteiger partial charge is 0.360 e. The maximum Gasteiger partial charge on any atom is 0.292 e. The van der Waals surface area contributed by atoms with Crippen molar-refractivity contribution in [1.29, 1.82) is 0 Å². The van der Waals surface area contributed by atoms with Crippen LogP contribution in [0.4, 0.5) is 0 Å². The fourth-order valence-corrected chi connectivity index (χ4v) is 6.33. The molecule has 130 valence electrons. The summed E-state index contributed by atoms with van der Waals surface area (Å²) in [6.07, 6.45) is 8.77. The molecule has 4 nitrogen and oxygen atoms in total. The van der Waals surface area contributed by atoms with Crippen LogP contribution >= 0.6 is 15.9 Å². The molecule has 0 saturated heterocycles. The van der Waals surface area contributed by atoms with Gasteiger partial charge in [0.05, 0.1) is 5.56 Å². The molecule has 0 atom stereocenters. The van der Waals surface area contributed by atoms with E-state index >= 15 is 0 Å². The van der Waals surface area contributed by atoms with Gasteiger partial charge in [-0.05, 0) is 74.5 Å². The Morgan fingerprint density at radius 3 is 2.36 bits per heavy atom. The fraction of sp³-hybridized carbons (Fsp3) is 0.500. The number of benzene rings is 1. The minimum absolute atomic E-state index is 0.131. The minimum Gasteiger partial charge on any atom is -0.360 e. The first-order valence-corrected chi connectivity index (χ1v) is 9.94. The summed E-state index contributed by atoms with van der Waals surface area (Å²) in [5.74, 6) is 1.35. The number of hydrogen-bond acceptors (Lipinski definition) is 2. The lowest BCUT2D eigenvalue weighted by molar-refractivity contribution is -0.122. The summed E-state index contributed by atoms with van der Waals surface area (Å²) < 4.78 is 0.898. The highest BCUT2D eigenvalue weighted by atomic mass is 79.9. The fourth-order valence-electron chi connectivity index (χ4n) is 5.96. The molecule has 1 heterocycles.